The van der Waals surface area contributed by atoms with E-state index in [2.05, 4.69) is 4.28 Å². The minimum Gasteiger partial charge on any atom is -0.266 e. The third kappa shape index (κ3) is 3.87. The van der Waals surface area contributed by atoms with Crippen molar-refractivity contribution in [1.82, 2.24) is 5.06 Å². The zero-order valence-electron chi connectivity index (χ0n) is 15.8. The number of benzene rings is 3. The molecular weight excluding hydrogens is 493 g/mol. The summed E-state index contributed by atoms with van der Waals surface area (Å²) in [6.07, 6.45) is 0. The van der Waals surface area contributed by atoms with E-state index in [0.29, 0.717) is 4.90 Å². The van der Waals surface area contributed by atoms with Crippen molar-refractivity contribution in [3.63, 3.8) is 0 Å². The lowest BCUT2D eigenvalue weighted by Gasteiger charge is -2.14. The molecule has 2 amide bonds. The first-order valence-electron chi connectivity index (χ1n) is 8.74. The molecule has 0 N–H and O–H groups in total. The lowest BCUT2D eigenvalue weighted by molar-refractivity contribution is -0.0107. The number of carbonyl (C=O) groups is 2. The van der Waals surface area contributed by atoms with Gasteiger partial charge in [0.05, 0.1) is 11.1 Å². The Kier molecular flexibility index (Phi) is 5.72. The molecule has 4 rings (SSSR count). The van der Waals surface area contributed by atoms with Crippen LogP contribution in [0.4, 0.5) is 22.0 Å². The van der Waals surface area contributed by atoms with E-state index in [-0.39, 0.29) is 16.2 Å². The summed E-state index contributed by atoms with van der Waals surface area (Å²) in [5.41, 5.74) is -0.571. The van der Waals surface area contributed by atoms with Gasteiger partial charge in [0.25, 0.3) is 11.8 Å². The normalized spacial score (nSPS) is 13.5. The summed E-state index contributed by atoms with van der Waals surface area (Å²) in [6.45, 7) is 0. The summed E-state index contributed by atoms with van der Waals surface area (Å²) in [5.74, 6) is -15.7. The van der Waals surface area contributed by atoms with E-state index in [9.17, 15) is 40.0 Å². The average Bonchev–Trinajstić information content (AvgIpc) is 3.01. The fraction of sp³-hybridized carbons (Fsp3) is 0. The molecule has 3 aromatic carbocycles. The number of amides is 2. The smallest absolute Gasteiger partial charge is 0.266 e. The van der Waals surface area contributed by atoms with E-state index >= 15 is 0 Å². The summed E-state index contributed by atoms with van der Waals surface area (Å²) in [4.78, 5) is 24.0. The van der Waals surface area contributed by atoms with Gasteiger partial charge in [-0.15, -0.1) is 9.35 Å². The number of carbonyl (C=O) groups excluding carboxylic acids is 2. The molecule has 0 saturated carbocycles. The molecule has 1 aliphatic heterocycles. The van der Waals surface area contributed by atoms with Crippen molar-refractivity contribution in [3.05, 3.63) is 88.7 Å². The molecule has 0 unspecified atom stereocenters. The zero-order chi connectivity index (χ0) is 24.1. The molecule has 13 heteroatoms. The van der Waals surface area contributed by atoms with Crippen LogP contribution >= 0.6 is 11.8 Å². The van der Waals surface area contributed by atoms with Gasteiger partial charge in [0.1, 0.15) is 0 Å². The SMILES string of the molecule is O=C1c2ccc(Sc3ccccc3)cc2C(=O)N1OS(=O)(=O)c1c(F)c(F)c(F)c(F)c1F. The molecule has 0 aromatic heterocycles. The van der Waals surface area contributed by atoms with Crippen LogP contribution in [0, 0.1) is 29.1 Å². The van der Waals surface area contributed by atoms with Crippen LogP contribution in [0.15, 0.2) is 63.2 Å². The lowest BCUT2D eigenvalue weighted by atomic mass is 10.1. The number of hydroxylamine groups is 2. The first kappa shape index (κ1) is 22.9. The first-order chi connectivity index (χ1) is 15.5. The van der Waals surface area contributed by atoms with Crippen LogP contribution in [0.25, 0.3) is 0 Å². The van der Waals surface area contributed by atoms with E-state index in [0.717, 1.165) is 4.90 Å². The molecule has 0 radical (unpaired) electrons. The van der Waals surface area contributed by atoms with E-state index in [1.165, 1.54) is 30.0 Å². The predicted molar refractivity (Wildman–Crippen MR) is 102 cm³/mol. The summed E-state index contributed by atoms with van der Waals surface area (Å²) < 4.78 is 96.7. The highest BCUT2D eigenvalue weighted by molar-refractivity contribution is 7.99. The van der Waals surface area contributed by atoms with Gasteiger partial charge < -0.3 is 0 Å². The third-order valence-electron chi connectivity index (χ3n) is 4.39. The van der Waals surface area contributed by atoms with Crippen LogP contribution in [0.2, 0.25) is 0 Å². The Labute approximate surface area is 186 Å². The minimum absolute atomic E-state index is 0.284. The predicted octanol–water partition coefficient (Wildman–Crippen LogP) is 4.45. The number of halogens is 5. The van der Waals surface area contributed by atoms with Gasteiger partial charge in [0, 0.05) is 9.79 Å². The second-order valence-corrected chi connectivity index (χ2v) is 9.07. The summed E-state index contributed by atoms with van der Waals surface area (Å²) in [7, 11) is -5.83. The Balaban J connectivity index is 1.67. The molecule has 0 aliphatic carbocycles. The van der Waals surface area contributed by atoms with Gasteiger partial charge in [-0.05, 0) is 30.3 Å². The largest absolute Gasteiger partial charge is 0.324 e. The highest BCUT2D eigenvalue weighted by Crippen LogP contribution is 2.34. The number of fused-ring (bicyclic) bond motifs is 1. The van der Waals surface area contributed by atoms with Crippen molar-refractivity contribution in [1.29, 1.82) is 0 Å². The van der Waals surface area contributed by atoms with Gasteiger partial charge in [-0.2, -0.15) is 8.42 Å². The highest BCUT2D eigenvalue weighted by atomic mass is 32.2. The fourth-order valence-corrected chi connectivity index (χ4v) is 4.80. The average molecular weight is 501 g/mol. The van der Waals surface area contributed by atoms with Crippen LogP contribution in [0.5, 0.6) is 0 Å². The van der Waals surface area contributed by atoms with Crippen LogP contribution < -0.4 is 0 Å². The molecule has 3 aromatic rings. The van der Waals surface area contributed by atoms with Gasteiger partial charge in [-0.1, -0.05) is 30.0 Å². The molecular formula is C20H8F5NO5S2. The second kappa shape index (κ2) is 8.24. The van der Waals surface area contributed by atoms with Gasteiger partial charge >= 0.3 is 10.1 Å². The topological polar surface area (TPSA) is 80.8 Å². The number of imide groups is 1. The molecule has 170 valence electrons. The van der Waals surface area contributed by atoms with Crippen LogP contribution in [0.3, 0.4) is 0 Å². The number of hydrogen-bond donors (Lipinski definition) is 0. The van der Waals surface area contributed by atoms with Gasteiger partial charge in [0.2, 0.25) is 5.82 Å². The van der Waals surface area contributed by atoms with Crippen molar-refractivity contribution in [2.24, 2.45) is 0 Å². The highest BCUT2D eigenvalue weighted by Gasteiger charge is 2.43. The summed E-state index contributed by atoms with van der Waals surface area (Å²) >= 11 is 1.22. The minimum atomic E-state index is -5.83. The fourth-order valence-electron chi connectivity index (χ4n) is 2.89. The Morgan fingerprint density at radius 2 is 1.24 bits per heavy atom. The third-order valence-corrected chi connectivity index (χ3v) is 6.59. The molecule has 6 nitrogen and oxygen atoms in total. The lowest BCUT2D eigenvalue weighted by Crippen LogP contribution is -2.33. The van der Waals surface area contributed by atoms with Crippen LogP contribution in [-0.2, 0) is 14.4 Å². The zero-order valence-corrected chi connectivity index (χ0v) is 17.4. The first-order valence-corrected chi connectivity index (χ1v) is 11.0. The molecule has 1 aliphatic rings. The maximum Gasteiger partial charge on any atom is 0.324 e. The molecule has 0 fully saturated rings. The molecule has 1 heterocycles. The van der Waals surface area contributed by atoms with Crippen molar-refractivity contribution in [3.8, 4) is 0 Å². The van der Waals surface area contributed by atoms with Crippen LogP contribution in [0.1, 0.15) is 20.7 Å². The van der Waals surface area contributed by atoms with Gasteiger partial charge in [-0.25, -0.2) is 22.0 Å². The van der Waals surface area contributed by atoms with E-state index in [1.54, 1.807) is 30.3 Å². The Bertz CT molecular complexity index is 1400. The molecule has 0 atom stereocenters. The molecule has 0 saturated heterocycles. The molecule has 0 bridgehead atoms. The van der Waals surface area contributed by atoms with E-state index in [1.807, 2.05) is 0 Å². The van der Waals surface area contributed by atoms with E-state index < -0.39 is 55.9 Å². The maximum atomic E-state index is 13.9. The second-order valence-electron chi connectivity index (χ2n) is 6.45. The summed E-state index contributed by atoms with van der Waals surface area (Å²) in [6, 6.07) is 12.8. The number of hydrogen-bond acceptors (Lipinski definition) is 6. The monoisotopic (exact) mass is 501 g/mol. The van der Waals surface area contributed by atoms with Crippen molar-refractivity contribution >= 4 is 33.7 Å². The summed E-state index contributed by atoms with van der Waals surface area (Å²) in [5, 5.41) is -0.324. The van der Waals surface area contributed by atoms with Gasteiger partial charge in [-0.3, -0.25) is 9.59 Å². The van der Waals surface area contributed by atoms with E-state index in [4.69, 9.17) is 0 Å². The van der Waals surface area contributed by atoms with Crippen LogP contribution in [-0.4, -0.2) is 25.3 Å². The number of rotatable bonds is 5. The van der Waals surface area contributed by atoms with Crippen molar-refractivity contribution in [2.45, 2.75) is 14.7 Å². The molecule has 33 heavy (non-hydrogen) atoms. The Morgan fingerprint density at radius 1 is 0.697 bits per heavy atom. The molecule has 0 spiro atoms. The maximum absolute atomic E-state index is 13.9. The quantitative estimate of drug-likeness (QED) is 0.223. The van der Waals surface area contributed by atoms with Gasteiger partial charge in [0.15, 0.2) is 28.2 Å². The van der Waals surface area contributed by atoms with Crippen molar-refractivity contribution in [2.75, 3.05) is 0 Å². The standard InChI is InChI=1S/C20H8F5NO5S2/c21-13-14(22)16(24)18(17(25)15(13)23)33(29,30)31-26-19(27)11-7-6-10(8-12(11)20(26)28)32-9-4-2-1-3-5-9/h1-8H. The Hall–Kier alpha value is -3.29. The van der Waals surface area contributed by atoms with Crippen molar-refractivity contribution < 1.29 is 44.2 Å². The Morgan fingerprint density at radius 3 is 1.85 bits per heavy atom. The number of nitrogens with zero attached hydrogens (tertiary/aromatic N) is 1.